The molecule has 4 rings (SSSR count). The molecule has 2 heterocycles. The summed E-state index contributed by atoms with van der Waals surface area (Å²) in [5.74, 6) is 0.347. The lowest BCUT2D eigenvalue weighted by Crippen LogP contribution is -2.45. The van der Waals surface area contributed by atoms with E-state index in [1.165, 1.54) is 23.0 Å². The van der Waals surface area contributed by atoms with Gasteiger partial charge in [0.25, 0.3) is 5.91 Å². The first-order chi connectivity index (χ1) is 14.2. The zero-order valence-electron chi connectivity index (χ0n) is 17.9. The fourth-order valence-electron chi connectivity index (χ4n) is 4.14. The molecule has 0 radical (unpaired) electrons. The van der Waals surface area contributed by atoms with E-state index in [-0.39, 0.29) is 11.4 Å². The summed E-state index contributed by atoms with van der Waals surface area (Å²) in [6, 6.07) is 12.1. The number of hydrogen-bond acceptors (Lipinski definition) is 4. The SMILES string of the molecule is Cc1c(Cl)cccc1N=C1NC(=O)/C(=C\c2ccc3c(c2)C(C)CC(C)(C)N3C)S1. The number of thioether (sulfide) groups is 1. The molecule has 0 aliphatic carbocycles. The lowest BCUT2D eigenvalue weighted by Gasteiger charge is -2.45. The number of hydrogen-bond donors (Lipinski definition) is 1. The van der Waals surface area contributed by atoms with Crippen LogP contribution in [0, 0.1) is 6.92 Å². The molecule has 1 saturated heterocycles. The number of benzene rings is 2. The summed E-state index contributed by atoms with van der Waals surface area (Å²) in [5.41, 5.74) is 5.43. The third-order valence-electron chi connectivity index (χ3n) is 6.07. The molecule has 0 spiro atoms. The number of anilines is 1. The molecule has 1 atom stereocenters. The van der Waals surface area contributed by atoms with Crippen LogP contribution in [0.4, 0.5) is 11.4 Å². The Morgan fingerprint density at radius 3 is 2.83 bits per heavy atom. The Balaban J connectivity index is 1.62. The van der Waals surface area contributed by atoms with Crippen molar-refractivity contribution in [3.05, 3.63) is 63.0 Å². The summed E-state index contributed by atoms with van der Waals surface area (Å²) in [6.07, 6.45) is 3.04. The Hall–Kier alpha value is -2.24. The van der Waals surface area contributed by atoms with Crippen molar-refractivity contribution in [2.75, 3.05) is 11.9 Å². The number of amides is 1. The number of fused-ring (bicyclic) bond motifs is 1. The van der Waals surface area contributed by atoms with Crippen LogP contribution in [-0.2, 0) is 4.79 Å². The maximum atomic E-state index is 12.5. The van der Waals surface area contributed by atoms with Crippen molar-refractivity contribution >= 4 is 51.9 Å². The molecule has 1 amide bonds. The Labute approximate surface area is 187 Å². The molecule has 6 heteroatoms. The van der Waals surface area contributed by atoms with Gasteiger partial charge < -0.3 is 10.2 Å². The highest BCUT2D eigenvalue weighted by Crippen LogP contribution is 2.43. The largest absolute Gasteiger partial charge is 0.369 e. The predicted molar refractivity (Wildman–Crippen MR) is 129 cm³/mol. The number of rotatable bonds is 2. The van der Waals surface area contributed by atoms with Crippen LogP contribution >= 0.6 is 23.4 Å². The minimum absolute atomic E-state index is 0.123. The molecule has 2 aliphatic heterocycles. The van der Waals surface area contributed by atoms with Crippen molar-refractivity contribution in [3.8, 4) is 0 Å². The lowest BCUT2D eigenvalue weighted by molar-refractivity contribution is -0.115. The molecule has 30 heavy (non-hydrogen) atoms. The van der Waals surface area contributed by atoms with Gasteiger partial charge in [-0.25, -0.2) is 4.99 Å². The molecule has 4 nitrogen and oxygen atoms in total. The normalized spacial score (nSPS) is 23.1. The molecular formula is C24H26ClN3OS. The second-order valence-corrected chi connectivity index (χ2v) is 10.1. The van der Waals surface area contributed by atoms with Gasteiger partial charge in [0.2, 0.25) is 0 Å². The number of amidine groups is 1. The van der Waals surface area contributed by atoms with Gasteiger partial charge >= 0.3 is 0 Å². The molecule has 1 N–H and O–H groups in total. The zero-order valence-corrected chi connectivity index (χ0v) is 19.5. The molecule has 2 aliphatic rings. The summed E-state index contributed by atoms with van der Waals surface area (Å²) in [5, 5.41) is 4.10. The van der Waals surface area contributed by atoms with Crippen molar-refractivity contribution in [2.24, 2.45) is 4.99 Å². The average Bonchev–Trinajstić information content (AvgIpc) is 3.02. The third-order valence-corrected chi connectivity index (χ3v) is 7.39. The van der Waals surface area contributed by atoms with Crippen molar-refractivity contribution in [1.29, 1.82) is 0 Å². The number of halogens is 1. The quantitative estimate of drug-likeness (QED) is 0.561. The highest BCUT2D eigenvalue weighted by molar-refractivity contribution is 8.18. The first-order valence-corrected chi connectivity index (χ1v) is 11.3. The van der Waals surface area contributed by atoms with Crippen molar-refractivity contribution in [2.45, 2.75) is 45.6 Å². The van der Waals surface area contributed by atoms with Crippen molar-refractivity contribution in [3.63, 3.8) is 0 Å². The van der Waals surface area contributed by atoms with Crippen LogP contribution in [0.2, 0.25) is 5.02 Å². The maximum Gasteiger partial charge on any atom is 0.264 e. The van der Waals surface area contributed by atoms with Crippen molar-refractivity contribution in [1.82, 2.24) is 5.32 Å². The first kappa shape index (κ1) is 21.0. The van der Waals surface area contributed by atoms with E-state index >= 15 is 0 Å². The summed E-state index contributed by atoms with van der Waals surface area (Å²) in [7, 11) is 2.16. The molecule has 1 unspecified atom stereocenters. The fraction of sp³-hybridized carbons (Fsp3) is 0.333. The van der Waals surface area contributed by atoms with Crippen molar-refractivity contribution < 1.29 is 4.79 Å². The van der Waals surface area contributed by atoms with Crippen LogP contribution in [0.3, 0.4) is 0 Å². The Bertz CT molecular complexity index is 1090. The van der Waals surface area contributed by atoms with Gasteiger partial charge in [0.1, 0.15) is 0 Å². The fourth-order valence-corrected chi connectivity index (χ4v) is 5.15. The van der Waals surface area contributed by atoms with E-state index < -0.39 is 0 Å². The van der Waals surface area contributed by atoms with Crippen LogP contribution in [0.1, 0.15) is 49.8 Å². The van der Waals surface area contributed by atoms with Gasteiger partial charge in [-0.05, 0) is 91.9 Å². The monoisotopic (exact) mass is 439 g/mol. The van der Waals surface area contributed by atoms with E-state index in [1.807, 2.05) is 31.2 Å². The summed E-state index contributed by atoms with van der Waals surface area (Å²) >= 11 is 7.54. The van der Waals surface area contributed by atoms with E-state index in [9.17, 15) is 4.79 Å². The molecular weight excluding hydrogens is 414 g/mol. The van der Waals surface area contributed by atoms with Crippen LogP contribution < -0.4 is 10.2 Å². The second kappa shape index (κ2) is 7.78. The van der Waals surface area contributed by atoms with Gasteiger partial charge in [-0.15, -0.1) is 0 Å². The minimum Gasteiger partial charge on any atom is -0.369 e. The standard InChI is InChI=1S/C24H26ClN3OS/c1-14-13-24(3,4)28(5)20-10-9-16(11-17(14)20)12-21-22(29)27-23(30-21)26-19-8-6-7-18(25)15(19)2/h6-12,14H,13H2,1-5H3,(H,26,27,29)/b21-12+. The third kappa shape index (κ3) is 3.88. The smallest absolute Gasteiger partial charge is 0.264 e. The molecule has 0 bridgehead atoms. The van der Waals surface area contributed by atoms with Crippen LogP contribution in [-0.4, -0.2) is 23.7 Å². The Morgan fingerprint density at radius 1 is 1.30 bits per heavy atom. The number of nitrogens with zero attached hydrogens (tertiary/aromatic N) is 2. The van der Waals surface area contributed by atoms with Gasteiger partial charge in [0, 0.05) is 23.3 Å². The van der Waals surface area contributed by atoms with Crippen LogP contribution in [0.25, 0.3) is 6.08 Å². The molecule has 0 saturated carbocycles. The van der Waals surface area contributed by atoms with Gasteiger partial charge in [0.15, 0.2) is 5.17 Å². The summed E-state index contributed by atoms with van der Waals surface area (Å²) in [4.78, 5) is 20.1. The molecule has 1 fully saturated rings. The minimum atomic E-state index is -0.123. The molecule has 2 aromatic rings. The number of carbonyl (C=O) groups excluding carboxylic acids is 1. The average molecular weight is 440 g/mol. The number of nitrogens with one attached hydrogen (secondary N) is 1. The summed E-state index contributed by atoms with van der Waals surface area (Å²) in [6.45, 7) is 8.76. The van der Waals surface area contributed by atoms with E-state index in [0.717, 1.165) is 23.2 Å². The van der Waals surface area contributed by atoms with E-state index in [4.69, 9.17) is 11.6 Å². The Morgan fingerprint density at radius 2 is 2.07 bits per heavy atom. The Kier molecular flexibility index (Phi) is 5.45. The highest BCUT2D eigenvalue weighted by atomic mass is 35.5. The van der Waals surface area contributed by atoms with Crippen LogP contribution in [0.5, 0.6) is 0 Å². The highest BCUT2D eigenvalue weighted by Gasteiger charge is 2.34. The molecule has 0 aromatic heterocycles. The van der Waals surface area contributed by atoms with E-state index in [2.05, 4.69) is 61.2 Å². The number of carbonyl (C=O) groups is 1. The topological polar surface area (TPSA) is 44.7 Å². The van der Waals surface area contributed by atoms with Gasteiger partial charge in [-0.3, -0.25) is 4.79 Å². The second-order valence-electron chi connectivity index (χ2n) is 8.66. The van der Waals surface area contributed by atoms with Crippen LogP contribution in [0.15, 0.2) is 46.3 Å². The maximum absolute atomic E-state index is 12.5. The van der Waals surface area contributed by atoms with Gasteiger partial charge in [-0.1, -0.05) is 30.7 Å². The zero-order chi connectivity index (χ0) is 21.6. The number of aliphatic imine (C=N–C) groups is 1. The van der Waals surface area contributed by atoms with Gasteiger partial charge in [0.05, 0.1) is 10.6 Å². The molecule has 156 valence electrons. The summed E-state index contributed by atoms with van der Waals surface area (Å²) < 4.78 is 0. The first-order valence-electron chi connectivity index (χ1n) is 10.1. The van der Waals surface area contributed by atoms with E-state index in [1.54, 1.807) is 0 Å². The lowest BCUT2D eigenvalue weighted by atomic mass is 9.80. The molecule has 2 aromatic carbocycles. The van der Waals surface area contributed by atoms with E-state index in [0.29, 0.717) is 21.0 Å². The van der Waals surface area contributed by atoms with Gasteiger partial charge in [-0.2, -0.15) is 0 Å². The predicted octanol–water partition coefficient (Wildman–Crippen LogP) is 6.26.